The molecule has 0 amide bonds. The Hall–Kier alpha value is -3.19. The molecular formula is C21H22FN3O3. The molecular weight excluding hydrogens is 361 g/mol. The molecule has 0 bridgehead atoms. The van der Waals surface area contributed by atoms with E-state index in [1.165, 1.54) is 12.3 Å². The molecule has 0 spiro atoms. The summed E-state index contributed by atoms with van der Waals surface area (Å²) in [5.41, 5.74) is 3.87. The minimum atomic E-state index is -0.598. The molecule has 3 rings (SSSR count). The van der Waals surface area contributed by atoms with E-state index in [2.05, 4.69) is 4.98 Å². The van der Waals surface area contributed by atoms with Crippen LogP contribution in [0.3, 0.4) is 0 Å². The Morgan fingerprint density at radius 3 is 2.71 bits per heavy atom. The van der Waals surface area contributed by atoms with Crippen molar-refractivity contribution < 1.29 is 19.1 Å². The van der Waals surface area contributed by atoms with Crippen LogP contribution >= 0.6 is 0 Å². The molecule has 1 atom stereocenters. The number of halogens is 1. The SMILES string of the molecule is Cc1ncc(NO)n1CCOC(=O)C(C)c1ccc(-c2ccccc2)c(F)c1. The Kier molecular flexibility index (Phi) is 6.06. The summed E-state index contributed by atoms with van der Waals surface area (Å²) < 4.78 is 21.5. The average molecular weight is 383 g/mol. The van der Waals surface area contributed by atoms with E-state index >= 15 is 0 Å². The number of ether oxygens (including phenoxy) is 1. The number of aryl methyl sites for hydroxylation is 1. The molecule has 2 aromatic carbocycles. The zero-order valence-electron chi connectivity index (χ0n) is 15.7. The number of hydrogen-bond acceptors (Lipinski definition) is 5. The van der Waals surface area contributed by atoms with E-state index in [-0.39, 0.29) is 12.4 Å². The van der Waals surface area contributed by atoms with Crippen LogP contribution in [0.1, 0.15) is 24.2 Å². The van der Waals surface area contributed by atoms with E-state index in [0.717, 1.165) is 5.56 Å². The van der Waals surface area contributed by atoms with Crippen molar-refractivity contribution in [2.75, 3.05) is 12.1 Å². The maximum Gasteiger partial charge on any atom is 0.313 e. The number of aromatic nitrogens is 2. The Labute approximate surface area is 162 Å². The number of carbonyl (C=O) groups excluding carboxylic acids is 1. The normalized spacial score (nSPS) is 11.9. The van der Waals surface area contributed by atoms with Crippen molar-refractivity contribution in [3.8, 4) is 11.1 Å². The highest BCUT2D eigenvalue weighted by Gasteiger charge is 2.19. The Morgan fingerprint density at radius 2 is 2.04 bits per heavy atom. The van der Waals surface area contributed by atoms with Crippen LogP contribution < -0.4 is 5.48 Å². The number of carbonyl (C=O) groups is 1. The van der Waals surface area contributed by atoms with Crippen molar-refractivity contribution in [1.29, 1.82) is 0 Å². The van der Waals surface area contributed by atoms with Gasteiger partial charge in [0.1, 0.15) is 24.1 Å². The molecule has 28 heavy (non-hydrogen) atoms. The largest absolute Gasteiger partial charge is 0.463 e. The summed E-state index contributed by atoms with van der Waals surface area (Å²) in [6.45, 7) is 3.92. The van der Waals surface area contributed by atoms with Crippen LogP contribution in [0.25, 0.3) is 11.1 Å². The lowest BCUT2D eigenvalue weighted by Gasteiger charge is -2.14. The van der Waals surface area contributed by atoms with Gasteiger partial charge in [-0.25, -0.2) is 9.37 Å². The van der Waals surface area contributed by atoms with Crippen molar-refractivity contribution in [3.63, 3.8) is 0 Å². The number of nitrogens with zero attached hydrogens (tertiary/aromatic N) is 2. The minimum Gasteiger partial charge on any atom is -0.463 e. The molecule has 0 radical (unpaired) electrons. The van der Waals surface area contributed by atoms with Crippen LogP contribution in [0.5, 0.6) is 0 Å². The van der Waals surface area contributed by atoms with Crippen LogP contribution in [-0.2, 0) is 16.1 Å². The highest BCUT2D eigenvalue weighted by atomic mass is 19.1. The fourth-order valence-corrected chi connectivity index (χ4v) is 2.99. The predicted octanol–water partition coefficient (Wildman–Crippen LogP) is 4.15. The first-order valence-corrected chi connectivity index (χ1v) is 8.95. The first kappa shape index (κ1) is 19.6. The maximum absolute atomic E-state index is 14.5. The number of esters is 1. The van der Waals surface area contributed by atoms with Gasteiger partial charge in [0.2, 0.25) is 0 Å². The molecule has 1 unspecified atom stereocenters. The number of hydrogen-bond donors (Lipinski definition) is 2. The van der Waals surface area contributed by atoms with Crippen LogP contribution in [-0.4, -0.2) is 27.3 Å². The summed E-state index contributed by atoms with van der Waals surface area (Å²) in [6.07, 6.45) is 1.48. The standard InChI is InChI=1S/C21H22FN3O3/c1-14(21(26)28-11-10-25-15(2)23-13-20(25)24-27)17-8-9-18(19(22)12-17)16-6-4-3-5-7-16/h3-9,12-14,24,27H,10-11H2,1-2H3. The van der Waals surface area contributed by atoms with Gasteiger partial charge in [-0.2, -0.15) is 0 Å². The Morgan fingerprint density at radius 1 is 1.29 bits per heavy atom. The molecule has 2 N–H and O–H groups in total. The molecule has 0 aliphatic carbocycles. The zero-order valence-corrected chi connectivity index (χ0v) is 15.7. The van der Waals surface area contributed by atoms with E-state index in [1.807, 2.05) is 35.8 Å². The second-order valence-electron chi connectivity index (χ2n) is 6.45. The van der Waals surface area contributed by atoms with Gasteiger partial charge in [0.25, 0.3) is 0 Å². The van der Waals surface area contributed by atoms with Gasteiger partial charge in [0.05, 0.1) is 18.7 Å². The van der Waals surface area contributed by atoms with Gasteiger partial charge in [0.15, 0.2) is 0 Å². The third kappa shape index (κ3) is 4.20. The van der Waals surface area contributed by atoms with Crippen molar-refractivity contribution in [3.05, 3.63) is 71.9 Å². The summed E-state index contributed by atoms with van der Waals surface area (Å²) >= 11 is 0. The van der Waals surface area contributed by atoms with Gasteiger partial charge in [0, 0.05) is 5.56 Å². The van der Waals surface area contributed by atoms with Crippen LogP contribution in [0, 0.1) is 12.7 Å². The van der Waals surface area contributed by atoms with Gasteiger partial charge in [-0.15, -0.1) is 0 Å². The molecule has 0 saturated heterocycles. The topological polar surface area (TPSA) is 76.4 Å². The molecule has 3 aromatic rings. The lowest BCUT2D eigenvalue weighted by atomic mass is 9.97. The molecule has 0 aliphatic heterocycles. The molecule has 6 nitrogen and oxygen atoms in total. The van der Waals surface area contributed by atoms with E-state index in [4.69, 9.17) is 9.94 Å². The molecule has 0 saturated carbocycles. The molecule has 146 valence electrons. The van der Waals surface area contributed by atoms with Crippen molar-refractivity contribution >= 4 is 11.8 Å². The highest BCUT2D eigenvalue weighted by molar-refractivity contribution is 5.78. The summed E-state index contributed by atoms with van der Waals surface area (Å²) in [5.74, 6) is -0.322. The first-order valence-electron chi connectivity index (χ1n) is 8.95. The quantitative estimate of drug-likeness (QED) is 0.474. The van der Waals surface area contributed by atoms with Gasteiger partial charge in [-0.1, -0.05) is 42.5 Å². The van der Waals surface area contributed by atoms with Crippen LogP contribution in [0.15, 0.2) is 54.7 Å². The highest BCUT2D eigenvalue weighted by Crippen LogP contribution is 2.26. The Bertz CT molecular complexity index is 957. The smallest absolute Gasteiger partial charge is 0.313 e. The lowest BCUT2D eigenvalue weighted by molar-refractivity contribution is -0.145. The van der Waals surface area contributed by atoms with E-state index in [9.17, 15) is 9.18 Å². The fraction of sp³-hybridized carbons (Fsp3) is 0.238. The number of imidazole rings is 1. The van der Waals surface area contributed by atoms with Crippen LogP contribution in [0.4, 0.5) is 10.2 Å². The number of rotatable bonds is 7. The van der Waals surface area contributed by atoms with E-state index in [1.54, 1.807) is 30.5 Å². The van der Waals surface area contributed by atoms with Crippen LogP contribution in [0.2, 0.25) is 0 Å². The third-order valence-electron chi connectivity index (χ3n) is 4.66. The summed E-state index contributed by atoms with van der Waals surface area (Å²) in [7, 11) is 0. The maximum atomic E-state index is 14.5. The average Bonchev–Trinajstić information content (AvgIpc) is 3.07. The second kappa shape index (κ2) is 8.67. The molecule has 7 heteroatoms. The van der Waals surface area contributed by atoms with Crippen molar-refractivity contribution in [2.24, 2.45) is 0 Å². The summed E-state index contributed by atoms with van der Waals surface area (Å²) in [5, 5.41) is 9.05. The second-order valence-corrected chi connectivity index (χ2v) is 6.45. The molecule has 1 aromatic heterocycles. The van der Waals surface area contributed by atoms with E-state index < -0.39 is 11.9 Å². The van der Waals surface area contributed by atoms with E-state index in [0.29, 0.717) is 29.3 Å². The first-order chi connectivity index (χ1) is 13.5. The van der Waals surface area contributed by atoms with Crippen molar-refractivity contribution in [1.82, 2.24) is 9.55 Å². The van der Waals surface area contributed by atoms with Gasteiger partial charge in [-0.05, 0) is 31.0 Å². The molecule has 0 aliphatic rings. The third-order valence-corrected chi connectivity index (χ3v) is 4.66. The summed E-state index contributed by atoms with van der Waals surface area (Å²) in [4.78, 5) is 16.4. The number of anilines is 1. The predicted molar refractivity (Wildman–Crippen MR) is 104 cm³/mol. The zero-order chi connectivity index (χ0) is 20.1. The Balaban J connectivity index is 1.63. The number of benzene rings is 2. The summed E-state index contributed by atoms with van der Waals surface area (Å²) in [6, 6.07) is 14.0. The fourth-order valence-electron chi connectivity index (χ4n) is 2.99. The lowest BCUT2D eigenvalue weighted by Crippen LogP contribution is -2.18. The van der Waals surface area contributed by atoms with Crippen molar-refractivity contribution in [2.45, 2.75) is 26.3 Å². The monoisotopic (exact) mass is 383 g/mol. The van der Waals surface area contributed by atoms with Gasteiger partial charge in [-0.3, -0.25) is 15.5 Å². The van der Waals surface area contributed by atoms with Gasteiger partial charge < -0.3 is 9.30 Å². The number of nitrogens with one attached hydrogen (secondary N) is 1. The van der Waals surface area contributed by atoms with Gasteiger partial charge >= 0.3 is 5.97 Å². The molecule has 1 heterocycles. The minimum absolute atomic E-state index is 0.111. The molecule has 0 fully saturated rings.